The Labute approximate surface area is 111 Å². The van der Waals surface area contributed by atoms with Crippen molar-refractivity contribution in [3.05, 3.63) is 23.5 Å². The predicted octanol–water partition coefficient (Wildman–Crippen LogP) is 2.03. The number of benzene rings is 1. The number of hydrogen-bond acceptors (Lipinski definition) is 5. The molecule has 0 aliphatic heterocycles. The molecule has 0 bridgehead atoms. The van der Waals surface area contributed by atoms with Crippen molar-refractivity contribution in [1.82, 2.24) is 0 Å². The fraction of sp³-hybridized carbons (Fsp3) is 0.462. The molecule has 1 aromatic rings. The Morgan fingerprint density at radius 1 is 1.47 bits per heavy atom. The molecule has 0 radical (unpaired) electrons. The van der Waals surface area contributed by atoms with Gasteiger partial charge >= 0.3 is 5.97 Å². The van der Waals surface area contributed by atoms with Crippen molar-refractivity contribution >= 4 is 17.3 Å². The summed E-state index contributed by atoms with van der Waals surface area (Å²) < 4.78 is 23.5. The average Bonchev–Trinajstić information content (AvgIpc) is 2.35. The summed E-state index contributed by atoms with van der Waals surface area (Å²) in [4.78, 5) is 11.4. The first kappa shape index (κ1) is 15.2. The van der Waals surface area contributed by atoms with Crippen molar-refractivity contribution in [3.8, 4) is 0 Å². The van der Waals surface area contributed by atoms with E-state index < -0.39 is 11.8 Å². The Hall–Kier alpha value is -1.82. The van der Waals surface area contributed by atoms with Crippen LogP contribution in [0.25, 0.3) is 0 Å². The van der Waals surface area contributed by atoms with E-state index in [9.17, 15) is 9.18 Å². The number of anilines is 2. The summed E-state index contributed by atoms with van der Waals surface area (Å²) >= 11 is 0. The van der Waals surface area contributed by atoms with Crippen LogP contribution in [0, 0.1) is 5.82 Å². The monoisotopic (exact) mass is 270 g/mol. The van der Waals surface area contributed by atoms with E-state index >= 15 is 0 Å². The van der Waals surface area contributed by atoms with Crippen LogP contribution in [0.2, 0.25) is 0 Å². The highest BCUT2D eigenvalue weighted by molar-refractivity contribution is 5.96. The molecule has 0 aromatic heterocycles. The molecule has 1 aromatic carbocycles. The number of methoxy groups -OCH3 is 1. The molecule has 0 unspecified atom stereocenters. The maximum atomic E-state index is 13.6. The Morgan fingerprint density at radius 2 is 2.16 bits per heavy atom. The van der Waals surface area contributed by atoms with E-state index in [-0.39, 0.29) is 23.0 Å². The van der Waals surface area contributed by atoms with Gasteiger partial charge in [-0.3, -0.25) is 0 Å². The smallest absolute Gasteiger partial charge is 0.340 e. The first-order valence-electron chi connectivity index (χ1n) is 5.98. The molecule has 19 heavy (non-hydrogen) atoms. The Kier molecular flexibility index (Phi) is 5.57. The summed E-state index contributed by atoms with van der Waals surface area (Å²) in [5.41, 5.74) is 5.95. The minimum atomic E-state index is -0.598. The van der Waals surface area contributed by atoms with Gasteiger partial charge in [-0.15, -0.1) is 0 Å². The van der Waals surface area contributed by atoms with Crippen molar-refractivity contribution in [3.63, 3.8) is 0 Å². The highest BCUT2D eigenvalue weighted by Crippen LogP contribution is 2.22. The van der Waals surface area contributed by atoms with Crippen molar-refractivity contribution in [2.45, 2.75) is 20.0 Å². The quantitative estimate of drug-likeness (QED) is 0.470. The molecule has 0 atom stereocenters. The SMILES string of the molecule is COC(=O)c1cc(NCCOC(C)C)c(F)cc1N. The van der Waals surface area contributed by atoms with E-state index in [0.29, 0.717) is 13.2 Å². The van der Waals surface area contributed by atoms with E-state index in [0.717, 1.165) is 6.07 Å². The topological polar surface area (TPSA) is 73.6 Å². The third-order valence-corrected chi connectivity index (χ3v) is 2.41. The zero-order valence-electron chi connectivity index (χ0n) is 11.3. The molecule has 0 saturated heterocycles. The molecular formula is C13H19FN2O3. The van der Waals surface area contributed by atoms with Crippen molar-refractivity contribution in [1.29, 1.82) is 0 Å². The number of ether oxygens (including phenoxy) is 2. The molecule has 0 amide bonds. The predicted molar refractivity (Wildman–Crippen MR) is 71.7 cm³/mol. The van der Waals surface area contributed by atoms with Crippen LogP contribution in [0.3, 0.4) is 0 Å². The van der Waals surface area contributed by atoms with Crippen LogP contribution < -0.4 is 11.1 Å². The van der Waals surface area contributed by atoms with Gasteiger partial charge in [-0.25, -0.2) is 9.18 Å². The van der Waals surface area contributed by atoms with Crippen LogP contribution in [-0.2, 0) is 9.47 Å². The molecule has 5 nitrogen and oxygen atoms in total. The normalized spacial score (nSPS) is 10.6. The second-order valence-corrected chi connectivity index (χ2v) is 4.26. The van der Waals surface area contributed by atoms with Gasteiger partial charge < -0.3 is 20.5 Å². The minimum Gasteiger partial charge on any atom is -0.465 e. The first-order valence-corrected chi connectivity index (χ1v) is 5.98. The standard InChI is InChI=1S/C13H19FN2O3/c1-8(2)19-5-4-16-12-6-9(13(17)18-3)11(15)7-10(12)14/h6-8,16H,4-5,15H2,1-3H3. The lowest BCUT2D eigenvalue weighted by atomic mass is 10.1. The lowest BCUT2D eigenvalue weighted by molar-refractivity contribution is 0.0602. The Morgan fingerprint density at radius 3 is 2.74 bits per heavy atom. The summed E-state index contributed by atoms with van der Waals surface area (Å²) in [6.45, 7) is 4.70. The van der Waals surface area contributed by atoms with Crippen molar-refractivity contribution < 1.29 is 18.7 Å². The molecule has 0 aliphatic rings. The van der Waals surface area contributed by atoms with Crippen LogP contribution in [0.15, 0.2) is 12.1 Å². The third-order valence-electron chi connectivity index (χ3n) is 2.41. The molecule has 0 fully saturated rings. The number of hydrogen-bond donors (Lipinski definition) is 2. The number of nitrogens with one attached hydrogen (secondary N) is 1. The summed E-state index contributed by atoms with van der Waals surface area (Å²) in [5.74, 6) is -1.12. The lowest BCUT2D eigenvalue weighted by Crippen LogP contribution is -2.15. The van der Waals surface area contributed by atoms with E-state index in [2.05, 4.69) is 10.1 Å². The number of nitrogen functional groups attached to an aromatic ring is 1. The summed E-state index contributed by atoms with van der Waals surface area (Å²) in [7, 11) is 1.24. The van der Waals surface area contributed by atoms with Crippen LogP contribution in [0.5, 0.6) is 0 Å². The highest BCUT2D eigenvalue weighted by atomic mass is 19.1. The molecule has 0 aliphatic carbocycles. The molecule has 0 saturated carbocycles. The third kappa shape index (κ3) is 4.40. The molecule has 3 N–H and O–H groups in total. The van der Waals surface area contributed by atoms with E-state index in [4.69, 9.17) is 10.5 Å². The molecule has 6 heteroatoms. The second kappa shape index (κ2) is 6.94. The zero-order chi connectivity index (χ0) is 14.4. The molecule has 0 spiro atoms. The van der Waals surface area contributed by atoms with Gasteiger partial charge in [-0.05, 0) is 26.0 Å². The van der Waals surface area contributed by atoms with Gasteiger partial charge in [-0.1, -0.05) is 0 Å². The molecule has 1 rings (SSSR count). The molecule has 0 heterocycles. The second-order valence-electron chi connectivity index (χ2n) is 4.26. The number of carbonyl (C=O) groups is 1. The van der Waals surface area contributed by atoms with Crippen LogP contribution >= 0.6 is 0 Å². The lowest BCUT2D eigenvalue weighted by Gasteiger charge is -2.12. The maximum absolute atomic E-state index is 13.6. The van der Waals surface area contributed by atoms with Crippen molar-refractivity contribution in [2.75, 3.05) is 31.3 Å². The van der Waals surface area contributed by atoms with Crippen molar-refractivity contribution in [2.24, 2.45) is 0 Å². The summed E-state index contributed by atoms with van der Waals surface area (Å²) in [6.07, 6.45) is 0.115. The van der Waals surface area contributed by atoms with Gasteiger partial charge in [0.2, 0.25) is 0 Å². The Bertz CT molecular complexity index is 450. The molecule has 106 valence electrons. The van der Waals surface area contributed by atoms with Gasteiger partial charge in [0.15, 0.2) is 0 Å². The van der Waals surface area contributed by atoms with Gasteiger partial charge in [0, 0.05) is 12.2 Å². The summed E-state index contributed by atoms with van der Waals surface area (Å²) in [5, 5.41) is 2.85. The van der Waals surface area contributed by atoms with Gasteiger partial charge in [0.05, 0.1) is 31.1 Å². The fourth-order valence-corrected chi connectivity index (χ4v) is 1.49. The van der Waals surface area contributed by atoms with Gasteiger partial charge in [0.25, 0.3) is 0 Å². The number of rotatable bonds is 6. The first-order chi connectivity index (χ1) is 8.95. The fourth-order valence-electron chi connectivity index (χ4n) is 1.49. The minimum absolute atomic E-state index is 0.0494. The van der Waals surface area contributed by atoms with Crippen LogP contribution in [0.1, 0.15) is 24.2 Å². The van der Waals surface area contributed by atoms with Gasteiger partial charge in [0.1, 0.15) is 5.82 Å². The number of esters is 1. The molecular weight excluding hydrogens is 251 g/mol. The number of carbonyl (C=O) groups excluding carboxylic acids is 1. The van der Waals surface area contributed by atoms with E-state index in [1.54, 1.807) is 0 Å². The van der Waals surface area contributed by atoms with Crippen LogP contribution in [0.4, 0.5) is 15.8 Å². The van der Waals surface area contributed by atoms with E-state index in [1.165, 1.54) is 13.2 Å². The Balaban J connectivity index is 2.75. The average molecular weight is 270 g/mol. The highest BCUT2D eigenvalue weighted by Gasteiger charge is 2.14. The van der Waals surface area contributed by atoms with E-state index in [1.807, 2.05) is 13.8 Å². The maximum Gasteiger partial charge on any atom is 0.340 e. The van der Waals surface area contributed by atoms with Crippen LogP contribution in [-0.4, -0.2) is 32.3 Å². The zero-order valence-corrected chi connectivity index (χ0v) is 11.3. The largest absolute Gasteiger partial charge is 0.465 e. The number of nitrogens with two attached hydrogens (primary N) is 1. The number of halogens is 1. The van der Waals surface area contributed by atoms with Gasteiger partial charge in [-0.2, -0.15) is 0 Å². The summed E-state index contributed by atoms with van der Waals surface area (Å²) in [6, 6.07) is 2.43.